The van der Waals surface area contributed by atoms with Gasteiger partial charge in [0.2, 0.25) is 0 Å². The normalized spacial score (nSPS) is 49.7. The molecule has 4 rings (SSSR count). The van der Waals surface area contributed by atoms with Gasteiger partial charge in [0.25, 0.3) is 0 Å². The molecule has 0 amide bonds. The third-order valence-corrected chi connectivity index (χ3v) is 6.06. The average Bonchev–Trinajstić information content (AvgIpc) is 3.05. The molecule has 19 heavy (non-hydrogen) atoms. The van der Waals surface area contributed by atoms with Gasteiger partial charge in [-0.25, -0.2) is 0 Å². The van der Waals surface area contributed by atoms with E-state index < -0.39 is 0 Å². The van der Waals surface area contributed by atoms with Crippen molar-refractivity contribution in [3.63, 3.8) is 0 Å². The first kappa shape index (κ1) is 12.0. The summed E-state index contributed by atoms with van der Waals surface area (Å²) in [5.74, 6) is 3.78. The number of carbonyl (C=O) groups is 1. The van der Waals surface area contributed by atoms with E-state index in [1.165, 1.54) is 19.3 Å². The minimum Gasteiger partial charge on any atom is -0.459 e. The van der Waals surface area contributed by atoms with Crippen LogP contribution in [0, 0.1) is 35.0 Å². The Bertz CT molecular complexity index is 458. The lowest BCUT2D eigenvalue weighted by Gasteiger charge is -2.39. The van der Waals surface area contributed by atoms with E-state index in [0.29, 0.717) is 11.8 Å². The molecule has 0 N–H and O–H groups in total. The van der Waals surface area contributed by atoms with Gasteiger partial charge >= 0.3 is 5.97 Å². The molecule has 0 heterocycles. The van der Waals surface area contributed by atoms with Crippen LogP contribution in [0.15, 0.2) is 12.2 Å². The molecule has 0 radical (unpaired) electrons. The second-order valence-corrected chi connectivity index (χ2v) is 8.21. The van der Waals surface area contributed by atoms with Crippen molar-refractivity contribution >= 4 is 5.97 Å². The summed E-state index contributed by atoms with van der Waals surface area (Å²) in [6.07, 6.45) is 9.69. The van der Waals surface area contributed by atoms with Crippen LogP contribution in [0.1, 0.15) is 46.5 Å². The van der Waals surface area contributed by atoms with Crippen LogP contribution in [0.2, 0.25) is 0 Å². The predicted molar refractivity (Wildman–Crippen MR) is 73.3 cm³/mol. The van der Waals surface area contributed by atoms with Gasteiger partial charge in [-0.1, -0.05) is 12.2 Å². The molecule has 0 aromatic rings. The van der Waals surface area contributed by atoms with Gasteiger partial charge < -0.3 is 4.74 Å². The molecule has 2 heteroatoms. The zero-order valence-corrected chi connectivity index (χ0v) is 12.2. The Labute approximate surface area is 115 Å². The first-order valence-corrected chi connectivity index (χ1v) is 7.83. The molecule has 0 saturated heterocycles. The predicted octanol–water partition coefficient (Wildman–Crippen LogP) is 3.57. The summed E-state index contributed by atoms with van der Waals surface area (Å²) in [6.45, 7) is 5.93. The fraction of sp³-hybridized carbons (Fsp3) is 0.824. The third kappa shape index (κ3) is 1.46. The van der Waals surface area contributed by atoms with Gasteiger partial charge in [-0.15, -0.1) is 0 Å². The van der Waals surface area contributed by atoms with Crippen LogP contribution in [0.5, 0.6) is 0 Å². The number of rotatable bonds is 1. The van der Waals surface area contributed by atoms with E-state index in [0.717, 1.165) is 24.2 Å². The van der Waals surface area contributed by atoms with Gasteiger partial charge in [0.05, 0.1) is 5.41 Å². The van der Waals surface area contributed by atoms with Gasteiger partial charge in [0, 0.05) is 0 Å². The van der Waals surface area contributed by atoms with E-state index in [2.05, 4.69) is 12.2 Å². The number of fused-ring (bicyclic) bond motifs is 9. The van der Waals surface area contributed by atoms with Crippen molar-refractivity contribution < 1.29 is 9.53 Å². The molecule has 6 atom stereocenters. The number of allylic oxidation sites excluding steroid dienone is 1. The van der Waals surface area contributed by atoms with E-state index in [-0.39, 0.29) is 17.0 Å². The Hall–Kier alpha value is -0.790. The molecular formula is C17H24O2. The van der Waals surface area contributed by atoms with E-state index in [9.17, 15) is 4.79 Å². The molecule has 0 aromatic heterocycles. The maximum atomic E-state index is 12.8. The van der Waals surface area contributed by atoms with Crippen LogP contribution in [0.25, 0.3) is 0 Å². The van der Waals surface area contributed by atoms with Crippen molar-refractivity contribution in [2.75, 3.05) is 0 Å². The SMILES string of the molecule is CC(C)(C)OC(=O)C12C=CC(C1)C1C3CCC(C3)C12. The smallest absolute Gasteiger partial charge is 0.316 e. The van der Waals surface area contributed by atoms with Crippen molar-refractivity contribution in [1.29, 1.82) is 0 Å². The lowest BCUT2D eigenvalue weighted by Crippen LogP contribution is -2.42. The largest absolute Gasteiger partial charge is 0.459 e. The summed E-state index contributed by atoms with van der Waals surface area (Å²) >= 11 is 0. The van der Waals surface area contributed by atoms with Crippen LogP contribution in [0.4, 0.5) is 0 Å². The van der Waals surface area contributed by atoms with Crippen molar-refractivity contribution in [3.05, 3.63) is 12.2 Å². The van der Waals surface area contributed by atoms with Crippen molar-refractivity contribution in [1.82, 2.24) is 0 Å². The Morgan fingerprint density at radius 1 is 1.26 bits per heavy atom. The highest BCUT2D eigenvalue weighted by Gasteiger charge is 2.67. The molecule has 4 bridgehead atoms. The van der Waals surface area contributed by atoms with Gasteiger partial charge in [0.15, 0.2) is 0 Å². The molecule has 6 unspecified atom stereocenters. The second-order valence-electron chi connectivity index (χ2n) is 8.21. The van der Waals surface area contributed by atoms with Crippen LogP contribution < -0.4 is 0 Å². The molecule has 4 aliphatic rings. The zero-order valence-electron chi connectivity index (χ0n) is 12.2. The summed E-state index contributed by atoms with van der Waals surface area (Å²) < 4.78 is 5.77. The number of hydrogen-bond acceptors (Lipinski definition) is 2. The van der Waals surface area contributed by atoms with E-state index in [1.807, 2.05) is 20.8 Å². The minimum absolute atomic E-state index is 0.0544. The lowest BCUT2D eigenvalue weighted by molar-refractivity contribution is -0.167. The molecule has 2 nitrogen and oxygen atoms in total. The zero-order chi connectivity index (χ0) is 13.4. The Balaban J connectivity index is 1.68. The summed E-state index contributed by atoms with van der Waals surface area (Å²) in [5.41, 5.74) is -0.629. The summed E-state index contributed by atoms with van der Waals surface area (Å²) in [5, 5.41) is 0. The highest BCUT2D eigenvalue weighted by Crippen LogP contribution is 2.70. The molecule has 0 spiro atoms. The molecule has 0 aromatic carbocycles. The quantitative estimate of drug-likeness (QED) is 0.409. The van der Waals surface area contributed by atoms with Crippen molar-refractivity contribution in [2.24, 2.45) is 35.0 Å². The molecule has 3 saturated carbocycles. The Morgan fingerprint density at radius 3 is 2.74 bits per heavy atom. The number of ether oxygens (including phenoxy) is 1. The van der Waals surface area contributed by atoms with Gasteiger partial charge in [0.1, 0.15) is 5.60 Å². The van der Waals surface area contributed by atoms with Gasteiger partial charge in [-0.2, -0.15) is 0 Å². The fourth-order valence-corrected chi connectivity index (χ4v) is 5.71. The summed E-state index contributed by atoms with van der Waals surface area (Å²) in [6, 6.07) is 0. The molecular weight excluding hydrogens is 236 g/mol. The third-order valence-electron chi connectivity index (χ3n) is 6.06. The minimum atomic E-state index is -0.368. The first-order valence-electron chi connectivity index (χ1n) is 7.83. The molecule has 104 valence electrons. The van der Waals surface area contributed by atoms with Crippen molar-refractivity contribution in [2.45, 2.75) is 52.1 Å². The number of carbonyl (C=O) groups excluding carboxylic acids is 1. The highest BCUT2D eigenvalue weighted by atomic mass is 16.6. The highest BCUT2D eigenvalue weighted by molar-refractivity contribution is 5.82. The van der Waals surface area contributed by atoms with E-state index >= 15 is 0 Å². The lowest BCUT2D eigenvalue weighted by atomic mass is 9.67. The van der Waals surface area contributed by atoms with Crippen LogP contribution in [-0.2, 0) is 9.53 Å². The van der Waals surface area contributed by atoms with E-state index in [1.54, 1.807) is 0 Å². The van der Waals surface area contributed by atoms with Crippen LogP contribution in [-0.4, -0.2) is 11.6 Å². The summed E-state index contributed by atoms with van der Waals surface area (Å²) in [7, 11) is 0. The van der Waals surface area contributed by atoms with Gasteiger partial charge in [-0.05, 0) is 76.0 Å². The fourth-order valence-electron chi connectivity index (χ4n) is 5.71. The number of hydrogen-bond donors (Lipinski definition) is 0. The van der Waals surface area contributed by atoms with Crippen LogP contribution in [0.3, 0.4) is 0 Å². The second kappa shape index (κ2) is 3.45. The first-order chi connectivity index (χ1) is 8.91. The Morgan fingerprint density at radius 2 is 2.00 bits per heavy atom. The number of esters is 1. The van der Waals surface area contributed by atoms with Gasteiger partial charge in [-0.3, -0.25) is 4.79 Å². The monoisotopic (exact) mass is 260 g/mol. The van der Waals surface area contributed by atoms with Crippen molar-refractivity contribution in [3.8, 4) is 0 Å². The molecule has 0 aliphatic heterocycles. The molecule has 3 fully saturated rings. The maximum absolute atomic E-state index is 12.8. The Kier molecular flexibility index (Phi) is 2.18. The van der Waals surface area contributed by atoms with Crippen LogP contribution >= 0.6 is 0 Å². The summed E-state index contributed by atoms with van der Waals surface area (Å²) in [4.78, 5) is 12.8. The molecule has 4 aliphatic carbocycles. The van der Waals surface area contributed by atoms with E-state index in [4.69, 9.17) is 4.74 Å². The standard InChI is InChI=1S/C17H24O2/c1-16(2,3)19-15(18)17-7-6-12(9-17)13-10-4-5-11(8-10)14(13)17/h6-7,10-14H,4-5,8-9H2,1-3H3. The average molecular weight is 260 g/mol. The maximum Gasteiger partial charge on any atom is 0.316 e. The topological polar surface area (TPSA) is 26.3 Å².